The van der Waals surface area contributed by atoms with Gasteiger partial charge < -0.3 is 24.3 Å². The average Bonchev–Trinajstić information content (AvgIpc) is 2.52. The Morgan fingerprint density at radius 2 is 1.91 bits per heavy atom. The predicted octanol–water partition coefficient (Wildman–Crippen LogP) is -0.207. The van der Waals surface area contributed by atoms with Crippen LogP contribution in [0.2, 0.25) is 0 Å². The van der Waals surface area contributed by atoms with Crippen molar-refractivity contribution in [2.45, 2.75) is 38.8 Å². The lowest BCUT2D eigenvalue weighted by molar-refractivity contribution is -0.155. The lowest BCUT2D eigenvalue weighted by Gasteiger charge is -2.24. The molecule has 0 aromatic rings. The second-order valence-electron chi connectivity index (χ2n) is 4.59. The van der Waals surface area contributed by atoms with Crippen LogP contribution in [0.1, 0.15) is 26.7 Å². The SMILES string of the molecule is CCOC(=O)CC[C@@H](NC(=O)[C@H]1COCCO1)C(=O)OCC. The highest BCUT2D eigenvalue weighted by Crippen LogP contribution is 2.06. The lowest BCUT2D eigenvalue weighted by atomic mass is 10.1. The number of rotatable bonds is 8. The van der Waals surface area contributed by atoms with Gasteiger partial charge in [0.2, 0.25) is 0 Å². The van der Waals surface area contributed by atoms with Crippen molar-refractivity contribution in [3.63, 3.8) is 0 Å². The second-order valence-corrected chi connectivity index (χ2v) is 4.59. The first-order chi connectivity index (χ1) is 10.6. The zero-order valence-corrected chi connectivity index (χ0v) is 13.0. The zero-order valence-electron chi connectivity index (χ0n) is 13.0. The summed E-state index contributed by atoms with van der Waals surface area (Å²) in [7, 11) is 0. The number of hydrogen-bond donors (Lipinski definition) is 1. The average molecular weight is 317 g/mol. The first-order valence-electron chi connectivity index (χ1n) is 7.40. The van der Waals surface area contributed by atoms with Gasteiger partial charge in [0.1, 0.15) is 6.04 Å². The van der Waals surface area contributed by atoms with Crippen molar-refractivity contribution in [1.29, 1.82) is 0 Å². The fourth-order valence-electron chi connectivity index (χ4n) is 1.89. The van der Waals surface area contributed by atoms with E-state index in [4.69, 9.17) is 18.9 Å². The van der Waals surface area contributed by atoms with E-state index < -0.39 is 30.0 Å². The second kappa shape index (κ2) is 10.1. The van der Waals surface area contributed by atoms with Crippen LogP contribution in [-0.2, 0) is 33.3 Å². The molecular weight excluding hydrogens is 294 g/mol. The molecule has 1 saturated heterocycles. The first-order valence-corrected chi connectivity index (χ1v) is 7.40. The van der Waals surface area contributed by atoms with E-state index in [2.05, 4.69) is 5.32 Å². The van der Waals surface area contributed by atoms with Crippen LogP contribution in [0.5, 0.6) is 0 Å². The summed E-state index contributed by atoms with van der Waals surface area (Å²) in [6.45, 7) is 4.72. The van der Waals surface area contributed by atoms with Crippen LogP contribution in [0.3, 0.4) is 0 Å². The molecule has 22 heavy (non-hydrogen) atoms. The molecular formula is C14H23NO7. The Bertz CT molecular complexity index is 379. The summed E-state index contributed by atoms with van der Waals surface area (Å²) in [6.07, 6.45) is -0.635. The molecule has 8 nitrogen and oxygen atoms in total. The first kappa shape index (κ1) is 18.4. The minimum Gasteiger partial charge on any atom is -0.466 e. The van der Waals surface area contributed by atoms with Crippen molar-refractivity contribution in [2.75, 3.05) is 33.0 Å². The molecule has 1 fully saturated rings. The Morgan fingerprint density at radius 1 is 1.18 bits per heavy atom. The van der Waals surface area contributed by atoms with Gasteiger partial charge in [0.05, 0.1) is 33.0 Å². The minimum absolute atomic E-state index is 0.0135. The third-order valence-electron chi connectivity index (χ3n) is 2.94. The maximum Gasteiger partial charge on any atom is 0.328 e. The molecule has 1 aliphatic rings. The molecule has 1 heterocycles. The molecule has 0 aliphatic carbocycles. The number of amides is 1. The summed E-state index contributed by atoms with van der Waals surface area (Å²) < 4.78 is 20.1. The minimum atomic E-state index is -0.914. The van der Waals surface area contributed by atoms with Crippen molar-refractivity contribution in [3.8, 4) is 0 Å². The van der Waals surface area contributed by atoms with E-state index >= 15 is 0 Å². The highest BCUT2D eigenvalue weighted by Gasteiger charge is 2.29. The molecule has 0 saturated carbocycles. The number of carbonyl (C=O) groups excluding carboxylic acids is 3. The van der Waals surface area contributed by atoms with Crippen molar-refractivity contribution in [2.24, 2.45) is 0 Å². The number of hydrogen-bond acceptors (Lipinski definition) is 7. The smallest absolute Gasteiger partial charge is 0.328 e. The molecule has 2 atom stereocenters. The Labute approximate surface area is 129 Å². The maximum absolute atomic E-state index is 12.0. The Morgan fingerprint density at radius 3 is 2.50 bits per heavy atom. The van der Waals surface area contributed by atoms with E-state index in [9.17, 15) is 14.4 Å². The van der Waals surface area contributed by atoms with Gasteiger partial charge in [-0.15, -0.1) is 0 Å². The highest BCUT2D eigenvalue weighted by molar-refractivity contribution is 5.87. The van der Waals surface area contributed by atoms with Crippen LogP contribution in [0.4, 0.5) is 0 Å². The van der Waals surface area contributed by atoms with Crippen molar-refractivity contribution in [1.82, 2.24) is 5.32 Å². The maximum atomic E-state index is 12.0. The van der Waals surface area contributed by atoms with Gasteiger partial charge in [-0.05, 0) is 20.3 Å². The van der Waals surface area contributed by atoms with Crippen LogP contribution >= 0.6 is 0 Å². The molecule has 1 rings (SSSR count). The molecule has 126 valence electrons. The van der Waals surface area contributed by atoms with Gasteiger partial charge in [0.15, 0.2) is 6.10 Å². The van der Waals surface area contributed by atoms with Gasteiger partial charge in [0.25, 0.3) is 5.91 Å². The van der Waals surface area contributed by atoms with E-state index in [1.54, 1.807) is 13.8 Å². The fraction of sp³-hybridized carbons (Fsp3) is 0.786. The van der Waals surface area contributed by atoms with Crippen molar-refractivity contribution in [3.05, 3.63) is 0 Å². The van der Waals surface area contributed by atoms with Crippen LogP contribution in [-0.4, -0.2) is 63.0 Å². The van der Waals surface area contributed by atoms with Crippen LogP contribution in [0.25, 0.3) is 0 Å². The molecule has 1 aliphatic heterocycles. The van der Waals surface area contributed by atoms with Gasteiger partial charge in [0, 0.05) is 6.42 Å². The molecule has 8 heteroatoms. The van der Waals surface area contributed by atoms with Crippen molar-refractivity contribution < 1.29 is 33.3 Å². The predicted molar refractivity (Wildman–Crippen MR) is 75.0 cm³/mol. The lowest BCUT2D eigenvalue weighted by Crippen LogP contribution is -2.49. The molecule has 0 radical (unpaired) electrons. The third kappa shape index (κ3) is 6.40. The molecule has 0 spiro atoms. The van der Waals surface area contributed by atoms with Gasteiger partial charge >= 0.3 is 11.9 Å². The summed E-state index contributed by atoms with van der Waals surface area (Å²) in [4.78, 5) is 35.3. The van der Waals surface area contributed by atoms with E-state index in [0.717, 1.165) is 0 Å². The summed E-state index contributed by atoms with van der Waals surface area (Å²) in [5.41, 5.74) is 0. The fourth-order valence-corrected chi connectivity index (χ4v) is 1.89. The molecule has 1 amide bonds. The Balaban J connectivity index is 2.54. The summed E-state index contributed by atoms with van der Waals surface area (Å²) in [5, 5.41) is 2.54. The van der Waals surface area contributed by atoms with Gasteiger partial charge in [-0.2, -0.15) is 0 Å². The number of nitrogens with one attached hydrogen (secondary N) is 1. The Hall–Kier alpha value is -1.67. The molecule has 0 aromatic carbocycles. The summed E-state index contributed by atoms with van der Waals surface area (Å²) >= 11 is 0. The van der Waals surface area contributed by atoms with E-state index in [1.807, 2.05) is 0 Å². The Kier molecular flexibility index (Phi) is 8.46. The van der Waals surface area contributed by atoms with Crippen LogP contribution in [0.15, 0.2) is 0 Å². The topological polar surface area (TPSA) is 100 Å². The van der Waals surface area contributed by atoms with Crippen LogP contribution in [0, 0.1) is 0 Å². The van der Waals surface area contributed by atoms with Crippen LogP contribution < -0.4 is 5.32 Å². The standard InChI is InChI=1S/C14H23NO7/c1-3-20-12(16)6-5-10(14(18)21-4-2)15-13(17)11-9-19-7-8-22-11/h10-11H,3-9H2,1-2H3,(H,15,17)/t10-,11-/m1/s1. The van der Waals surface area contributed by atoms with E-state index in [1.165, 1.54) is 0 Å². The van der Waals surface area contributed by atoms with Crippen molar-refractivity contribution >= 4 is 17.8 Å². The largest absolute Gasteiger partial charge is 0.466 e. The van der Waals surface area contributed by atoms with Gasteiger partial charge in [-0.3, -0.25) is 9.59 Å². The van der Waals surface area contributed by atoms with Gasteiger partial charge in [-0.1, -0.05) is 0 Å². The third-order valence-corrected chi connectivity index (χ3v) is 2.94. The number of ether oxygens (including phenoxy) is 4. The molecule has 0 unspecified atom stereocenters. The zero-order chi connectivity index (χ0) is 16.4. The van der Waals surface area contributed by atoms with E-state index in [0.29, 0.717) is 13.2 Å². The summed E-state index contributed by atoms with van der Waals surface area (Å²) in [6, 6.07) is -0.914. The number of esters is 2. The normalized spacial score (nSPS) is 19.1. The monoisotopic (exact) mass is 317 g/mol. The van der Waals surface area contributed by atoms with Gasteiger partial charge in [-0.25, -0.2) is 4.79 Å². The molecule has 0 aromatic heterocycles. The number of carbonyl (C=O) groups is 3. The quantitative estimate of drug-likeness (QED) is 0.618. The van der Waals surface area contributed by atoms with E-state index in [-0.39, 0.29) is 32.7 Å². The molecule has 1 N–H and O–H groups in total. The summed E-state index contributed by atoms with van der Waals surface area (Å²) in [5.74, 6) is -1.47. The highest BCUT2D eigenvalue weighted by atomic mass is 16.6. The molecule has 0 bridgehead atoms.